The number of aromatic amines is 2. The van der Waals surface area contributed by atoms with Gasteiger partial charge in [-0.15, -0.1) is 0 Å². The van der Waals surface area contributed by atoms with E-state index in [1.165, 1.54) is 25.7 Å². The van der Waals surface area contributed by atoms with Crippen molar-refractivity contribution >= 4 is 17.0 Å². The molecule has 2 aliphatic rings. The standard InChI is InChI=1S/C14H18N4O/c15-14-17-11-10(6-16-12(11)13(19)18-14)5-9-4-7-1-2-8(9)3-7/h6-9,16H,1-5H2,(H3,15,17,18,19)/t7-,8+,9+/m1/s1. The third-order valence-electron chi connectivity index (χ3n) is 5.00. The molecule has 0 saturated heterocycles. The first-order valence-electron chi connectivity index (χ1n) is 7.06. The molecule has 2 heterocycles. The third kappa shape index (κ3) is 1.68. The molecule has 0 unspecified atom stereocenters. The highest BCUT2D eigenvalue weighted by molar-refractivity contribution is 5.78. The van der Waals surface area contributed by atoms with Gasteiger partial charge in [0.1, 0.15) is 11.0 Å². The molecule has 2 aromatic heterocycles. The summed E-state index contributed by atoms with van der Waals surface area (Å²) in [6, 6.07) is 0. The summed E-state index contributed by atoms with van der Waals surface area (Å²) in [5.74, 6) is 2.79. The topological polar surface area (TPSA) is 87.6 Å². The van der Waals surface area contributed by atoms with Crippen LogP contribution in [0.3, 0.4) is 0 Å². The predicted molar refractivity (Wildman–Crippen MR) is 73.8 cm³/mol. The number of fused-ring (bicyclic) bond motifs is 3. The first-order chi connectivity index (χ1) is 9.20. The number of hydrogen-bond donors (Lipinski definition) is 3. The van der Waals surface area contributed by atoms with Crippen LogP contribution >= 0.6 is 0 Å². The summed E-state index contributed by atoms with van der Waals surface area (Å²) in [6.07, 6.45) is 8.50. The van der Waals surface area contributed by atoms with Gasteiger partial charge < -0.3 is 10.7 Å². The van der Waals surface area contributed by atoms with Crippen molar-refractivity contribution in [1.82, 2.24) is 15.0 Å². The fourth-order valence-electron chi connectivity index (χ4n) is 4.15. The predicted octanol–water partition coefficient (Wildman–Crippen LogP) is 1.81. The summed E-state index contributed by atoms with van der Waals surface area (Å²) in [6.45, 7) is 0. The molecule has 4 rings (SSSR count). The average Bonchev–Trinajstić information content (AvgIpc) is 3.05. The number of H-pyrrole nitrogens is 2. The summed E-state index contributed by atoms with van der Waals surface area (Å²) >= 11 is 0. The van der Waals surface area contributed by atoms with Crippen molar-refractivity contribution in [3.63, 3.8) is 0 Å². The van der Waals surface area contributed by atoms with Crippen LogP contribution in [0.25, 0.3) is 11.0 Å². The Hall–Kier alpha value is -1.78. The second-order valence-electron chi connectivity index (χ2n) is 6.13. The molecular formula is C14H18N4O. The van der Waals surface area contributed by atoms with Crippen molar-refractivity contribution in [2.75, 3.05) is 5.73 Å². The molecule has 2 saturated carbocycles. The first kappa shape index (κ1) is 11.1. The van der Waals surface area contributed by atoms with Crippen LogP contribution in [0.1, 0.15) is 31.2 Å². The minimum atomic E-state index is -0.179. The van der Waals surface area contributed by atoms with E-state index in [9.17, 15) is 4.79 Å². The maximum absolute atomic E-state index is 11.8. The van der Waals surface area contributed by atoms with Crippen LogP contribution in [-0.2, 0) is 6.42 Å². The molecule has 0 aliphatic heterocycles. The Bertz CT molecular complexity index is 686. The minimum Gasteiger partial charge on any atom is -0.369 e. The Morgan fingerprint density at radius 1 is 1.37 bits per heavy atom. The van der Waals surface area contributed by atoms with Crippen molar-refractivity contribution in [3.8, 4) is 0 Å². The number of aromatic nitrogens is 3. The highest BCUT2D eigenvalue weighted by atomic mass is 16.1. The lowest BCUT2D eigenvalue weighted by Crippen LogP contribution is -2.14. The van der Waals surface area contributed by atoms with Crippen molar-refractivity contribution < 1.29 is 0 Å². The van der Waals surface area contributed by atoms with Gasteiger partial charge in [-0.2, -0.15) is 0 Å². The van der Waals surface area contributed by atoms with Crippen molar-refractivity contribution in [2.24, 2.45) is 17.8 Å². The Morgan fingerprint density at radius 2 is 2.26 bits per heavy atom. The largest absolute Gasteiger partial charge is 0.369 e. The molecule has 5 nitrogen and oxygen atoms in total. The van der Waals surface area contributed by atoms with Gasteiger partial charge in [0.05, 0.1) is 0 Å². The zero-order chi connectivity index (χ0) is 13.0. The van der Waals surface area contributed by atoms with E-state index in [4.69, 9.17) is 5.73 Å². The summed E-state index contributed by atoms with van der Waals surface area (Å²) < 4.78 is 0. The highest BCUT2D eigenvalue weighted by Gasteiger charge is 2.39. The van der Waals surface area contributed by atoms with Gasteiger partial charge in [0, 0.05) is 6.20 Å². The molecule has 19 heavy (non-hydrogen) atoms. The van der Waals surface area contributed by atoms with E-state index in [-0.39, 0.29) is 11.5 Å². The zero-order valence-electron chi connectivity index (χ0n) is 10.8. The Balaban J connectivity index is 1.70. The van der Waals surface area contributed by atoms with Crippen LogP contribution in [-0.4, -0.2) is 15.0 Å². The fourth-order valence-corrected chi connectivity index (χ4v) is 4.15. The van der Waals surface area contributed by atoms with Crippen LogP contribution in [0.5, 0.6) is 0 Å². The van der Waals surface area contributed by atoms with Crippen molar-refractivity contribution in [2.45, 2.75) is 32.1 Å². The number of rotatable bonds is 2. The monoisotopic (exact) mass is 258 g/mol. The highest BCUT2D eigenvalue weighted by Crippen LogP contribution is 2.49. The Kier molecular flexibility index (Phi) is 2.25. The molecule has 0 aromatic carbocycles. The molecule has 2 aliphatic carbocycles. The Morgan fingerprint density at radius 3 is 3.00 bits per heavy atom. The molecule has 3 atom stereocenters. The van der Waals surface area contributed by atoms with Crippen molar-refractivity contribution in [1.29, 1.82) is 0 Å². The lowest BCUT2D eigenvalue weighted by molar-refractivity contribution is 0.332. The molecule has 0 amide bonds. The quantitative estimate of drug-likeness (QED) is 0.767. The van der Waals surface area contributed by atoms with Gasteiger partial charge in [0.25, 0.3) is 5.56 Å². The normalized spacial score (nSPS) is 29.4. The van der Waals surface area contributed by atoms with E-state index in [1.54, 1.807) is 0 Å². The van der Waals surface area contributed by atoms with Crippen LogP contribution < -0.4 is 11.3 Å². The van der Waals surface area contributed by atoms with E-state index in [1.807, 2.05) is 6.20 Å². The van der Waals surface area contributed by atoms with Crippen LogP contribution in [0.4, 0.5) is 5.95 Å². The average molecular weight is 258 g/mol. The lowest BCUT2D eigenvalue weighted by atomic mass is 9.84. The number of anilines is 1. The number of nitrogen functional groups attached to an aromatic ring is 1. The van der Waals surface area contributed by atoms with Gasteiger partial charge in [-0.1, -0.05) is 6.42 Å². The molecule has 2 bridgehead atoms. The summed E-state index contributed by atoms with van der Waals surface area (Å²) in [5, 5.41) is 0. The van der Waals surface area contributed by atoms with E-state index >= 15 is 0 Å². The van der Waals surface area contributed by atoms with Crippen LogP contribution in [0.2, 0.25) is 0 Å². The van der Waals surface area contributed by atoms with Crippen LogP contribution in [0, 0.1) is 17.8 Å². The zero-order valence-corrected chi connectivity index (χ0v) is 10.8. The lowest BCUT2D eigenvalue weighted by Gasteiger charge is -2.20. The summed E-state index contributed by atoms with van der Waals surface area (Å²) in [4.78, 5) is 21.6. The second-order valence-corrected chi connectivity index (χ2v) is 6.13. The fraction of sp³-hybridized carbons (Fsp3) is 0.571. The number of nitrogens with zero attached hydrogens (tertiary/aromatic N) is 1. The molecular weight excluding hydrogens is 240 g/mol. The maximum atomic E-state index is 11.8. The molecule has 0 spiro atoms. The minimum absolute atomic E-state index is 0.179. The SMILES string of the molecule is Nc1nc2c(C[C@@H]3C[C@@H]4CC[C@H]3C4)c[nH]c2c(=O)[nH]1. The van der Waals surface area contributed by atoms with Crippen molar-refractivity contribution in [3.05, 3.63) is 22.1 Å². The van der Waals surface area contributed by atoms with E-state index in [2.05, 4.69) is 15.0 Å². The van der Waals surface area contributed by atoms with Gasteiger partial charge in [-0.3, -0.25) is 9.78 Å². The van der Waals surface area contributed by atoms with E-state index in [0.29, 0.717) is 5.52 Å². The first-order valence-corrected chi connectivity index (χ1v) is 7.06. The molecule has 2 fully saturated rings. The van der Waals surface area contributed by atoms with Gasteiger partial charge in [0.2, 0.25) is 5.95 Å². The van der Waals surface area contributed by atoms with E-state index < -0.39 is 0 Å². The molecule has 5 heteroatoms. The van der Waals surface area contributed by atoms with Gasteiger partial charge in [-0.05, 0) is 49.0 Å². The van der Waals surface area contributed by atoms with Gasteiger partial charge in [-0.25, -0.2) is 4.98 Å². The number of hydrogen-bond acceptors (Lipinski definition) is 3. The molecule has 4 N–H and O–H groups in total. The maximum Gasteiger partial charge on any atom is 0.276 e. The van der Waals surface area contributed by atoms with Crippen LogP contribution in [0.15, 0.2) is 11.0 Å². The third-order valence-corrected chi connectivity index (χ3v) is 5.00. The molecule has 100 valence electrons. The van der Waals surface area contributed by atoms with E-state index in [0.717, 1.165) is 35.3 Å². The number of nitrogens with two attached hydrogens (primary N) is 1. The molecule has 0 radical (unpaired) electrons. The van der Waals surface area contributed by atoms with Gasteiger partial charge in [0.15, 0.2) is 0 Å². The summed E-state index contributed by atoms with van der Waals surface area (Å²) in [7, 11) is 0. The summed E-state index contributed by atoms with van der Waals surface area (Å²) in [5.41, 5.74) is 7.91. The Labute approximate surface area is 110 Å². The van der Waals surface area contributed by atoms with Gasteiger partial charge >= 0.3 is 0 Å². The molecule has 2 aromatic rings. The smallest absolute Gasteiger partial charge is 0.276 e. The second kappa shape index (κ2) is 3.85. The number of nitrogens with one attached hydrogen (secondary N) is 2.